The van der Waals surface area contributed by atoms with Crippen LogP contribution in [-0.2, 0) is 12.8 Å². The quantitative estimate of drug-likeness (QED) is 0.874. The number of hydrogen-bond acceptors (Lipinski definition) is 4. The van der Waals surface area contributed by atoms with Crippen LogP contribution in [0.4, 0.5) is 0 Å². The number of rotatable bonds is 3. The fraction of sp³-hybridized carbons (Fsp3) is 0.571. The first kappa shape index (κ1) is 11.5. The molecule has 3 rings (SSSR count). The summed E-state index contributed by atoms with van der Waals surface area (Å²) in [5.74, 6) is 1.11. The van der Waals surface area contributed by atoms with Crippen molar-refractivity contribution in [1.29, 1.82) is 5.26 Å². The molecule has 0 aliphatic heterocycles. The molecule has 2 aliphatic carbocycles. The van der Waals surface area contributed by atoms with Crippen LogP contribution in [0.25, 0.3) is 0 Å². The van der Waals surface area contributed by atoms with E-state index in [9.17, 15) is 0 Å². The van der Waals surface area contributed by atoms with Gasteiger partial charge in [0, 0.05) is 5.69 Å². The summed E-state index contributed by atoms with van der Waals surface area (Å²) in [6, 6.07) is 4.14. The molecule has 0 aromatic carbocycles. The number of hydrogen-bond donors (Lipinski definition) is 1. The smallest absolute Gasteiger partial charge is 0.232 e. The van der Waals surface area contributed by atoms with E-state index in [2.05, 4.69) is 11.1 Å². The fourth-order valence-electron chi connectivity index (χ4n) is 2.74. The first-order chi connectivity index (χ1) is 8.80. The standard InChI is InChI=1S/C14H17N3O/c15-7-9-4-12(5-9)18-14-11(8-16)6-10-2-1-3-13(10)17-14/h6,9,12H,1-5,7,15H2. The zero-order valence-corrected chi connectivity index (χ0v) is 10.4. The number of nitriles is 1. The van der Waals surface area contributed by atoms with E-state index in [1.165, 1.54) is 5.56 Å². The second-order valence-electron chi connectivity index (χ2n) is 5.23. The maximum atomic E-state index is 9.16. The normalized spacial score (nSPS) is 25.1. The highest BCUT2D eigenvalue weighted by Crippen LogP contribution is 2.32. The average Bonchev–Trinajstić information content (AvgIpc) is 2.78. The van der Waals surface area contributed by atoms with Crippen LogP contribution in [0.1, 0.15) is 36.1 Å². The molecule has 1 aromatic heterocycles. The predicted molar refractivity (Wildman–Crippen MR) is 67.2 cm³/mol. The van der Waals surface area contributed by atoms with Gasteiger partial charge in [0.05, 0.1) is 0 Å². The van der Waals surface area contributed by atoms with Gasteiger partial charge in [0.2, 0.25) is 5.88 Å². The number of fused-ring (bicyclic) bond motifs is 1. The minimum absolute atomic E-state index is 0.192. The molecule has 0 bridgehead atoms. The van der Waals surface area contributed by atoms with Crippen molar-refractivity contribution in [2.45, 2.75) is 38.2 Å². The lowest BCUT2D eigenvalue weighted by Gasteiger charge is -2.34. The van der Waals surface area contributed by atoms with E-state index in [4.69, 9.17) is 15.7 Å². The number of nitrogens with zero attached hydrogens (tertiary/aromatic N) is 2. The number of nitrogens with two attached hydrogens (primary N) is 1. The minimum Gasteiger partial charge on any atom is -0.473 e. The third-order valence-electron chi connectivity index (χ3n) is 3.94. The van der Waals surface area contributed by atoms with Crippen molar-refractivity contribution in [1.82, 2.24) is 4.98 Å². The van der Waals surface area contributed by atoms with Crippen LogP contribution in [0.2, 0.25) is 0 Å². The monoisotopic (exact) mass is 243 g/mol. The van der Waals surface area contributed by atoms with Gasteiger partial charge in [0.15, 0.2) is 0 Å². The largest absolute Gasteiger partial charge is 0.473 e. The van der Waals surface area contributed by atoms with Crippen molar-refractivity contribution in [3.63, 3.8) is 0 Å². The molecule has 4 heteroatoms. The van der Waals surface area contributed by atoms with Gasteiger partial charge in [-0.05, 0) is 56.2 Å². The summed E-state index contributed by atoms with van der Waals surface area (Å²) in [5, 5.41) is 9.16. The van der Waals surface area contributed by atoms with Gasteiger partial charge in [-0.1, -0.05) is 0 Å². The highest BCUT2D eigenvalue weighted by Gasteiger charge is 2.31. The highest BCUT2D eigenvalue weighted by atomic mass is 16.5. The third kappa shape index (κ3) is 1.95. The zero-order chi connectivity index (χ0) is 12.5. The van der Waals surface area contributed by atoms with Crippen molar-refractivity contribution in [2.24, 2.45) is 11.7 Å². The number of ether oxygens (including phenoxy) is 1. The molecule has 1 aromatic rings. The molecule has 0 radical (unpaired) electrons. The Bertz CT molecular complexity index is 500. The molecular weight excluding hydrogens is 226 g/mol. The third-order valence-corrected chi connectivity index (χ3v) is 3.94. The average molecular weight is 243 g/mol. The van der Waals surface area contributed by atoms with Gasteiger partial charge in [-0.2, -0.15) is 5.26 Å². The molecule has 18 heavy (non-hydrogen) atoms. The van der Waals surface area contributed by atoms with Crippen molar-refractivity contribution < 1.29 is 4.74 Å². The van der Waals surface area contributed by atoms with Gasteiger partial charge in [-0.15, -0.1) is 0 Å². The minimum atomic E-state index is 0.192. The first-order valence-corrected chi connectivity index (χ1v) is 6.59. The Hall–Kier alpha value is -1.60. The Morgan fingerprint density at radius 1 is 1.44 bits per heavy atom. The molecule has 2 N–H and O–H groups in total. The first-order valence-electron chi connectivity index (χ1n) is 6.59. The number of aromatic nitrogens is 1. The lowest BCUT2D eigenvalue weighted by molar-refractivity contribution is 0.0644. The maximum absolute atomic E-state index is 9.16. The van der Waals surface area contributed by atoms with Gasteiger partial charge in [-0.3, -0.25) is 0 Å². The van der Waals surface area contributed by atoms with Crippen LogP contribution in [-0.4, -0.2) is 17.6 Å². The molecule has 0 saturated heterocycles. The van der Waals surface area contributed by atoms with E-state index in [1.807, 2.05) is 6.07 Å². The molecular formula is C14H17N3O. The Morgan fingerprint density at radius 2 is 2.28 bits per heavy atom. The molecule has 0 unspecified atom stereocenters. The van der Waals surface area contributed by atoms with E-state index in [-0.39, 0.29) is 6.10 Å². The Labute approximate surface area is 107 Å². The number of pyridine rings is 1. The lowest BCUT2D eigenvalue weighted by Crippen LogP contribution is -2.38. The van der Waals surface area contributed by atoms with Gasteiger partial charge < -0.3 is 10.5 Å². The fourth-order valence-corrected chi connectivity index (χ4v) is 2.74. The molecule has 0 spiro atoms. The van der Waals surface area contributed by atoms with Gasteiger partial charge in [0.25, 0.3) is 0 Å². The van der Waals surface area contributed by atoms with E-state index >= 15 is 0 Å². The van der Waals surface area contributed by atoms with Gasteiger partial charge in [-0.25, -0.2) is 4.98 Å². The van der Waals surface area contributed by atoms with Gasteiger partial charge >= 0.3 is 0 Å². The van der Waals surface area contributed by atoms with Crippen LogP contribution in [0.5, 0.6) is 5.88 Å². The van der Waals surface area contributed by atoms with Crippen LogP contribution in [0.15, 0.2) is 6.07 Å². The van der Waals surface area contributed by atoms with Gasteiger partial charge in [0.1, 0.15) is 17.7 Å². The topological polar surface area (TPSA) is 71.9 Å². The van der Waals surface area contributed by atoms with E-state index in [1.54, 1.807) is 0 Å². The number of aryl methyl sites for hydroxylation is 2. The maximum Gasteiger partial charge on any atom is 0.232 e. The summed E-state index contributed by atoms with van der Waals surface area (Å²) in [7, 11) is 0. The summed E-state index contributed by atoms with van der Waals surface area (Å²) in [4.78, 5) is 4.52. The molecule has 0 amide bonds. The van der Waals surface area contributed by atoms with E-state index < -0.39 is 0 Å². The second-order valence-corrected chi connectivity index (χ2v) is 5.23. The SMILES string of the molecule is N#Cc1cc2c(nc1OC1CC(CN)C1)CCC2. The summed E-state index contributed by atoms with van der Waals surface area (Å²) < 4.78 is 5.84. The Morgan fingerprint density at radius 3 is 3.00 bits per heavy atom. The van der Waals surface area contributed by atoms with Crippen LogP contribution < -0.4 is 10.5 Å². The molecule has 0 atom stereocenters. The van der Waals surface area contributed by atoms with Crippen LogP contribution in [0.3, 0.4) is 0 Å². The lowest BCUT2D eigenvalue weighted by atomic mass is 9.82. The predicted octanol–water partition coefficient (Wildman–Crippen LogP) is 1.56. The van der Waals surface area contributed by atoms with Crippen molar-refractivity contribution >= 4 is 0 Å². The summed E-state index contributed by atoms with van der Waals surface area (Å²) >= 11 is 0. The molecule has 1 heterocycles. The summed E-state index contributed by atoms with van der Waals surface area (Å²) in [5.41, 5.74) is 8.50. The van der Waals surface area contributed by atoms with E-state index in [0.717, 1.165) is 44.3 Å². The second kappa shape index (κ2) is 4.58. The van der Waals surface area contributed by atoms with Crippen LogP contribution >= 0.6 is 0 Å². The molecule has 1 saturated carbocycles. The molecule has 94 valence electrons. The van der Waals surface area contributed by atoms with Crippen LogP contribution in [0, 0.1) is 17.2 Å². The summed E-state index contributed by atoms with van der Waals surface area (Å²) in [6.07, 6.45) is 5.34. The Kier molecular flexibility index (Phi) is 2.92. The molecule has 4 nitrogen and oxygen atoms in total. The Balaban J connectivity index is 1.77. The van der Waals surface area contributed by atoms with Crippen molar-refractivity contribution in [2.75, 3.05) is 6.54 Å². The van der Waals surface area contributed by atoms with E-state index in [0.29, 0.717) is 17.4 Å². The van der Waals surface area contributed by atoms with Crippen molar-refractivity contribution in [3.05, 3.63) is 22.9 Å². The van der Waals surface area contributed by atoms with Crippen molar-refractivity contribution in [3.8, 4) is 11.9 Å². The summed E-state index contributed by atoms with van der Waals surface area (Å²) in [6.45, 7) is 0.725. The molecule has 2 aliphatic rings. The molecule has 1 fully saturated rings. The zero-order valence-electron chi connectivity index (χ0n) is 10.4. The highest BCUT2D eigenvalue weighted by molar-refractivity contribution is 5.44.